The molecular formula is C17H29N3O3S. The first kappa shape index (κ1) is 19.0. The molecule has 0 saturated carbocycles. The van der Waals surface area contributed by atoms with Gasteiger partial charge >= 0.3 is 6.09 Å². The first-order chi connectivity index (χ1) is 11.2. The summed E-state index contributed by atoms with van der Waals surface area (Å²) in [4.78, 5) is 20.3. The second kappa shape index (κ2) is 7.70. The van der Waals surface area contributed by atoms with Gasteiger partial charge in [-0.15, -0.1) is 11.3 Å². The van der Waals surface area contributed by atoms with E-state index in [1.165, 1.54) is 4.88 Å². The topological polar surface area (TPSA) is 67.1 Å². The van der Waals surface area contributed by atoms with Crippen molar-refractivity contribution < 1.29 is 14.6 Å². The standard InChI is InChI=1S/C17H29N3O3S/c1-17(2,3)23-16(22)20-8-6-12(7-9-20)10-14-13(11-21)19(5)15(18-4)24-14/h12,21H,6-11H2,1-5H3. The van der Waals surface area contributed by atoms with Crippen LogP contribution in [0.4, 0.5) is 4.79 Å². The molecule has 1 saturated heterocycles. The molecule has 1 N–H and O–H groups in total. The van der Waals surface area contributed by atoms with Gasteiger partial charge in [0.25, 0.3) is 0 Å². The van der Waals surface area contributed by atoms with Crippen molar-refractivity contribution in [3.8, 4) is 0 Å². The summed E-state index contributed by atoms with van der Waals surface area (Å²) in [5.74, 6) is 0.525. The number of amides is 1. The van der Waals surface area contributed by atoms with E-state index in [4.69, 9.17) is 4.74 Å². The van der Waals surface area contributed by atoms with Gasteiger partial charge in [-0.1, -0.05) is 0 Å². The lowest BCUT2D eigenvalue weighted by atomic mass is 9.92. The normalized spacial score (nSPS) is 17.4. The molecule has 136 valence electrons. The Morgan fingerprint density at radius 2 is 2.00 bits per heavy atom. The van der Waals surface area contributed by atoms with Gasteiger partial charge < -0.3 is 19.3 Å². The van der Waals surface area contributed by atoms with Gasteiger partial charge in [0.15, 0.2) is 4.80 Å². The molecule has 0 bridgehead atoms. The van der Waals surface area contributed by atoms with E-state index >= 15 is 0 Å². The number of thiazole rings is 1. The number of nitrogens with zero attached hydrogens (tertiary/aromatic N) is 3. The predicted molar refractivity (Wildman–Crippen MR) is 94.9 cm³/mol. The van der Waals surface area contributed by atoms with Crippen molar-refractivity contribution in [1.82, 2.24) is 9.47 Å². The molecule has 1 aromatic heterocycles. The van der Waals surface area contributed by atoms with E-state index in [2.05, 4.69) is 4.99 Å². The molecular weight excluding hydrogens is 326 g/mol. The summed E-state index contributed by atoms with van der Waals surface area (Å²) in [6, 6.07) is 0. The Morgan fingerprint density at radius 3 is 2.50 bits per heavy atom. The van der Waals surface area contributed by atoms with Gasteiger partial charge in [-0.2, -0.15) is 0 Å². The molecule has 1 aliphatic rings. The number of hydrogen-bond donors (Lipinski definition) is 1. The van der Waals surface area contributed by atoms with Crippen molar-refractivity contribution in [1.29, 1.82) is 0 Å². The van der Waals surface area contributed by atoms with E-state index in [-0.39, 0.29) is 12.7 Å². The van der Waals surface area contributed by atoms with Gasteiger partial charge in [0.1, 0.15) is 5.60 Å². The van der Waals surface area contributed by atoms with Crippen LogP contribution < -0.4 is 4.80 Å². The number of carbonyl (C=O) groups is 1. The fraction of sp³-hybridized carbons (Fsp3) is 0.765. The summed E-state index contributed by atoms with van der Waals surface area (Å²) in [6.07, 6.45) is 2.65. The number of carbonyl (C=O) groups excluding carboxylic acids is 1. The van der Waals surface area contributed by atoms with Crippen molar-refractivity contribution in [3.63, 3.8) is 0 Å². The Kier molecular flexibility index (Phi) is 6.09. The quantitative estimate of drug-likeness (QED) is 0.905. The Hall–Kier alpha value is -1.34. The first-order valence-corrected chi connectivity index (χ1v) is 9.26. The minimum absolute atomic E-state index is 0.0363. The number of aliphatic hydroxyl groups excluding tert-OH is 1. The van der Waals surface area contributed by atoms with Crippen molar-refractivity contribution in [3.05, 3.63) is 15.4 Å². The predicted octanol–water partition coefficient (Wildman–Crippen LogP) is 2.30. The maximum atomic E-state index is 12.1. The monoisotopic (exact) mass is 355 g/mol. The lowest BCUT2D eigenvalue weighted by Gasteiger charge is -2.33. The maximum Gasteiger partial charge on any atom is 0.410 e. The molecule has 0 radical (unpaired) electrons. The zero-order valence-corrected chi connectivity index (χ0v) is 16.2. The van der Waals surface area contributed by atoms with Crippen LogP contribution in [-0.4, -0.2) is 46.4 Å². The molecule has 2 rings (SSSR count). The van der Waals surface area contributed by atoms with Crippen molar-refractivity contribution in [2.45, 2.75) is 52.2 Å². The molecule has 1 aromatic rings. The summed E-state index contributed by atoms with van der Waals surface area (Å²) in [5, 5.41) is 9.64. The second-order valence-corrected chi connectivity index (χ2v) is 8.37. The molecule has 1 aliphatic heterocycles. The average Bonchev–Trinajstić information content (AvgIpc) is 2.81. The Bertz CT molecular complexity index is 634. The van der Waals surface area contributed by atoms with E-state index in [9.17, 15) is 9.90 Å². The van der Waals surface area contributed by atoms with Crippen LogP contribution in [0.5, 0.6) is 0 Å². The number of hydrogen-bond acceptors (Lipinski definition) is 5. The lowest BCUT2D eigenvalue weighted by Crippen LogP contribution is -2.42. The number of likely N-dealkylation sites (tertiary alicyclic amines) is 1. The van der Waals surface area contributed by atoms with Gasteiger partial charge in [-0.25, -0.2) is 4.79 Å². The highest BCUT2D eigenvalue weighted by molar-refractivity contribution is 7.09. The third-order valence-corrected chi connectivity index (χ3v) is 5.60. The summed E-state index contributed by atoms with van der Waals surface area (Å²) in [7, 11) is 3.72. The van der Waals surface area contributed by atoms with Crippen LogP contribution in [0.25, 0.3) is 0 Å². The van der Waals surface area contributed by atoms with E-state index in [0.29, 0.717) is 5.92 Å². The highest BCUT2D eigenvalue weighted by Crippen LogP contribution is 2.26. The van der Waals surface area contributed by atoms with Gasteiger partial charge in [-0.3, -0.25) is 4.99 Å². The van der Waals surface area contributed by atoms with Gasteiger partial charge in [0, 0.05) is 32.1 Å². The molecule has 0 aromatic carbocycles. The fourth-order valence-electron chi connectivity index (χ4n) is 3.00. The SMILES string of the molecule is CN=c1sc(CC2CCN(C(=O)OC(C)(C)C)CC2)c(CO)n1C. The number of aliphatic hydroxyl groups is 1. The fourth-order valence-corrected chi connectivity index (χ4v) is 4.19. The average molecular weight is 356 g/mol. The maximum absolute atomic E-state index is 12.1. The van der Waals surface area contributed by atoms with E-state index in [0.717, 1.165) is 42.8 Å². The van der Waals surface area contributed by atoms with Crippen molar-refractivity contribution in [2.24, 2.45) is 18.0 Å². The molecule has 6 nitrogen and oxygen atoms in total. The molecule has 1 fully saturated rings. The summed E-state index contributed by atoms with van der Waals surface area (Å²) in [5.41, 5.74) is 0.505. The molecule has 1 amide bonds. The van der Waals surface area contributed by atoms with Crippen molar-refractivity contribution in [2.75, 3.05) is 20.1 Å². The third kappa shape index (κ3) is 4.60. The molecule has 24 heavy (non-hydrogen) atoms. The third-order valence-electron chi connectivity index (χ3n) is 4.31. The molecule has 7 heteroatoms. The zero-order chi connectivity index (χ0) is 17.9. The molecule has 2 heterocycles. The van der Waals surface area contributed by atoms with Gasteiger partial charge in [0.05, 0.1) is 12.3 Å². The van der Waals surface area contributed by atoms with Crippen LogP contribution in [-0.2, 0) is 24.8 Å². The highest BCUT2D eigenvalue weighted by atomic mass is 32.1. The van der Waals surface area contributed by atoms with Crippen LogP contribution in [0.15, 0.2) is 4.99 Å². The van der Waals surface area contributed by atoms with E-state index in [1.54, 1.807) is 23.3 Å². The molecule has 0 unspecified atom stereocenters. The minimum atomic E-state index is -0.449. The molecule has 0 aliphatic carbocycles. The Morgan fingerprint density at radius 1 is 1.38 bits per heavy atom. The lowest BCUT2D eigenvalue weighted by molar-refractivity contribution is 0.0184. The number of aromatic nitrogens is 1. The van der Waals surface area contributed by atoms with E-state index < -0.39 is 5.60 Å². The Labute approximate surface area is 147 Å². The number of piperidine rings is 1. The molecule has 0 atom stereocenters. The highest BCUT2D eigenvalue weighted by Gasteiger charge is 2.27. The molecule has 0 spiro atoms. The first-order valence-electron chi connectivity index (χ1n) is 8.44. The van der Waals surface area contributed by atoms with Crippen LogP contribution in [0.2, 0.25) is 0 Å². The number of rotatable bonds is 3. The zero-order valence-electron chi connectivity index (χ0n) is 15.3. The van der Waals surface area contributed by atoms with Crippen LogP contribution >= 0.6 is 11.3 Å². The van der Waals surface area contributed by atoms with E-state index in [1.807, 2.05) is 32.4 Å². The van der Waals surface area contributed by atoms with Gasteiger partial charge in [0.2, 0.25) is 0 Å². The van der Waals surface area contributed by atoms with Crippen molar-refractivity contribution >= 4 is 17.4 Å². The summed E-state index contributed by atoms with van der Waals surface area (Å²) in [6.45, 7) is 7.17. The van der Waals surface area contributed by atoms with Crippen LogP contribution in [0.3, 0.4) is 0 Å². The summed E-state index contributed by atoms with van der Waals surface area (Å²) >= 11 is 1.65. The summed E-state index contributed by atoms with van der Waals surface area (Å²) < 4.78 is 7.41. The smallest absolute Gasteiger partial charge is 0.410 e. The second-order valence-electron chi connectivity index (χ2n) is 7.31. The Balaban J connectivity index is 1.95. The minimum Gasteiger partial charge on any atom is -0.444 e. The van der Waals surface area contributed by atoms with Crippen LogP contribution in [0.1, 0.15) is 44.2 Å². The van der Waals surface area contributed by atoms with Crippen LogP contribution in [0, 0.1) is 5.92 Å². The largest absolute Gasteiger partial charge is 0.444 e. The van der Waals surface area contributed by atoms with Gasteiger partial charge in [-0.05, 0) is 46.0 Å². The number of ether oxygens (including phenoxy) is 1.